The third kappa shape index (κ3) is 6.77. The second-order valence-corrected chi connectivity index (χ2v) is 8.76. The van der Waals surface area contributed by atoms with Gasteiger partial charge in [0.05, 0.1) is 11.7 Å². The highest BCUT2D eigenvalue weighted by molar-refractivity contribution is 5.76. The van der Waals surface area contributed by atoms with Gasteiger partial charge in [-0.25, -0.2) is 0 Å². The molecule has 2 rings (SSSR count). The second-order valence-electron chi connectivity index (χ2n) is 8.76. The van der Waals surface area contributed by atoms with Crippen LogP contribution in [0.3, 0.4) is 0 Å². The molecular weight excluding hydrogens is 326 g/mol. The average Bonchev–Trinajstić information content (AvgIpc) is 2.57. The lowest BCUT2D eigenvalue weighted by Gasteiger charge is -2.34. The Bertz CT molecular complexity index is 587. The van der Waals surface area contributed by atoms with Gasteiger partial charge in [0.2, 0.25) is 11.8 Å². The molecule has 1 unspecified atom stereocenters. The van der Waals surface area contributed by atoms with Crippen molar-refractivity contribution in [2.75, 3.05) is 6.54 Å². The quantitative estimate of drug-likeness (QED) is 0.815. The number of amides is 2. The molecule has 5 heteroatoms. The standard InChI is InChI=1S/C21H33N3O2/c1-15(25)24-20(18-7-5-6-12-22-18)17-10-8-16(9-11-17)14-23-19(26)13-21(2,3)4/h5-7,12,16-17,20H,8-11,13-14H2,1-4H3,(H,23,26)(H,24,25). The zero-order valence-electron chi connectivity index (χ0n) is 16.5. The van der Waals surface area contributed by atoms with Crippen molar-refractivity contribution in [1.82, 2.24) is 15.6 Å². The summed E-state index contributed by atoms with van der Waals surface area (Å²) < 4.78 is 0. The van der Waals surface area contributed by atoms with Crippen molar-refractivity contribution in [3.63, 3.8) is 0 Å². The molecule has 0 radical (unpaired) electrons. The van der Waals surface area contributed by atoms with E-state index in [0.29, 0.717) is 18.3 Å². The van der Waals surface area contributed by atoms with Crippen molar-refractivity contribution in [2.45, 2.75) is 65.8 Å². The second kappa shape index (κ2) is 9.15. The number of rotatable bonds is 6. The van der Waals surface area contributed by atoms with Gasteiger partial charge in [0, 0.05) is 26.1 Å². The fourth-order valence-corrected chi connectivity index (χ4v) is 3.74. The SMILES string of the molecule is CC(=O)NC(c1ccccn1)C1CCC(CNC(=O)CC(C)(C)C)CC1. The maximum Gasteiger partial charge on any atom is 0.220 e. The minimum atomic E-state index is -0.0230. The van der Waals surface area contributed by atoms with Gasteiger partial charge in [-0.1, -0.05) is 26.8 Å². The number of aromatic nitrogens is 1. The van der Waals surface area contributed by atoms with E-state index in [1.807, 2.05) is 18.2 Å². The minimum absolute atomic E-state index is 0.0165. The van der Waals surface area contributed by atoms with Crippen LogP contribution < -0.4 is 10.6 Å². The molecule has 0 saturated heterocycles. The lowest BCUT2D eigenvalue weighted by molar-refractivity contribution is -0.123. The Hall–Kier alpha value is -1.91. The molecule has 26 heavy (non-hydrogen) atoms. The van der Waals surface area contributed by atoms with Crippen molar-refractivity contribution in [3.8, 4) is 0 Å². The fraction of sp³-hybridized carbons (Fsp3) is 0.667. The van der Waals surface area contributed by atoms with Gasteiger partial charge in [-0.2, -0.15) is 0 Å². The summed E-state index contributed by atoms with van der Waals surface area (Å²) in [6.45, 7) is 8.56. The Kier molecular flexibility index (Phi) is 7.18. The largest absolute Gasteiger partial charge is 0.356 e. The van der Waals surface area contributed by atoms with Gasteiger partial charge < -0.3 is 10.6 Å². The Morgan fingerprint density at radius 1 is 1.19 bits per heavy atom. The number of hydrogen-bond acceptors (Lipinski definition) is 3. The molecular formula is C21H33N3O2. The summed E-state index contributed by atoms with van der Waals surface area (Å²) in [5.41, 5.74) is 0.959. The van der Waals surface area contributed by atoms with Gasteiger partial charge in [-0.15, -0.1) is 0 Å². The third-order valence-electron chi connectivity index (χ3n) is 5.01. The van der Waals surface area contributed by atoms with Gasteiger partial charge in [0.25, 0.3) is 0 Å². The minimum Gasteiger partial charge on any atom is -0.356 e. The maximum absolute atomic E-state index is 12.0. The molecule has 0 spiro atoms. The number of carbonyl (C=O) groups is 2. The molecule has 2 N–H and O–H groups in total. The molecule has 1 aromatic heterocycles. The molecule has 1 aromatic rings. The molecule has 1 aliphatic carbocycles. The van der Waals surface area contributed by atoms with Crippen LogP contribution in [-0.4, -0.2) is 23.3 Å². The molecule has 5 nitrogen and oxygen atoms in total. The van der Waals surface area contributed by atoms with Crippen LogP contribution in [0.15, 0.2) is 24.4 Å². The first-order valence-corrected chi connectivity index (χ1v) is 9.69. The Morgan fingerprint density at radius 2 is 1.88 bits per heavy atom. The fourth-order valence-electron chi connectivity index (χ4n) is 3.74. The summed E-state index contributed by atoms with van der Waals surface area (Å²) in [5, 5.41) is 6.18. The van der Waals surface area contributed by atoms with Crippen molar-refractivity contribution in [3.05, 3.63) is 30.1 Å². The zero-order chi connectivity index (χ0) is 19.2. The number of nitrogens with one attached hydrogen (secondary N) is 2. The zero-order valence-corrected chi connectivity index (χ0v) is 16.5. The highest BCUT2D eigenvalue weighted by atomic mass is 16.2. The lowest BCUT2D eigenvalue weighted by atomic mass is 9.77. The van der Waals surface area contributed by atoms with Crippen LogP contribution in [0.5, 0.6) is 0 Å². The van der Waals surface area contributed by atoms with Crippen molar-refractivity contribution in [1.29, 1.82) is 0 Å². The molecule has 2 amide bonds. The van der Waals surface area contributed by atoms with Crippen LogP contribution in [0, 0.1) is 17.3 Å². The van der Waals surface area contributed by atoms with Crippen molar-refractivity contribution >= 4 is 11.8 Å². The molecule has 0 bridgehead atoms. The monoisotopic (exact) mass is 359 g/mol. The van der Waals surface area contributed by atoms with Gasteiger partial charge in [-0.05, 0) is 55.1 Å². The lowest BCUT2D eigenvalue weighted by Crippen LogP contribution is -2.37. The summed E-state index contributed by atoms with van der Waals surface area (Å²) in [7, 11) is 0. The maximum atomic E-state index is 12.0. The molecule has 0 aliphatic heterocycles. The molecule has 144 valence electrons. The van der Waals surface area contributed by atoms with E-state index in [4.69, 9.17) is 0 Å². The topological polar surface area (TPSA) is 71.1 Å². The third-order valence-corrected chi connectivity index (χ3v) is 5.01. The van der Waals surface area contributed by atoms with E-state index in [2.05, 4.69) is 36.4 Å². The average molecular weight is 360 g/mol. The van der Waals surface area contributed by atoms with E-state index in [1.54, 1.807) is 13.1 Å². The van der Waals surface area contributed by atoms with Gasteiger partial charge in [0.1, 0.15) is 0 Å². The van der Waals surface area contributed by atoms with E-state index in [0.717, 1.165) is 37.9 Å². The van der Waals surface area contributed by atoms with E-state index < -0.39 is 0 Å². The molecule has 0 aromatic carbocycles. The molecule has 1 fully saturated rings. The van der Waals surface area contributed by atoms with Gasteiger partial charge in [-0.3, -0.25) is 14.6 Å². The first-order valence-electron chi connectivity index (χ1n) is 9.69. The van der Waals surface area contributed by atoms with Crippen LogP contribution >= 0.6 is 0 Å². The Balaban J connectivity index is 1.85. The van der Waals surface area contributed by atoms with E-state index in [9.17, 15) is 9.59 Å². The number of hydrogen-bond donors (Lipinski definition) is 2. The highest BCUT2D eigenvalue weighted by Gasteiger charge is 2.30. The highest BCUT2D eigenvalue weighted by Crippen LogP contribution is 2.36. The Labute approximate surface area is 157 Å². The molecule has 1 aliphatic rings. The molecule has 1 atom stereocenters. The van der Waals surface area contributed by atoms with Crippen LogP contribution in [0.4, 0.5) is 0 Å². The smallest absolute Gasteiger partial charge is 0.220 e. The first kappa shape index (κ1) is 20.4. The summed E-state index contributed by atoms with van der Waals surface area (Å²) in [6.07, 6.45) is 6.57. The number of pyridine rings is 1. The van der Waals surface area contributed by atoms with Crippen LogP contribution in [0.25, 0.3) is 0 Å². The van der Waals surface area contributed by atoms with E-state index in [1.165, 1.54) is 0 Å². The first-order chi connectivity index (χ1) is 12.2. The summed E-state index contributed by atoms with van der Waals surface area (Å²) in [5.74, 6) is 1.05. The van der Waals surface area contributed by atoms with Gasteiger partial charge >= 0.3 is 0 Å². The van der Waals surface area contributed by atoms with Crippen LogP contribution in [-0.2, 0) is 9.59 Å². The summed E-state index contributed by atoms with van der Waals surface area (Å²) in [4.78, 5) is 28.1. The van der Waals surface area contributed by atoms with E-state index >= 15 is 0 Å². The normalized spacial score (nSPS) is 21.7. The summed E-state index contributed by atoms with van der Waals surface area (Å²) in [6, 6.07) is 5.82. The van der Waals surface area contributed by atoms with Crippen LogP contribution in [0.2, 0.25) is 0 Å². The van der Waals surface area contributed by atoms with Crippen molar-refractivity contribution in [2.24, 2.45) is 17.3 Å². The summed E-state index contributed by atoms with van der Waals surface area (Å²) >= 11 is 0. The number of carbonyl (C=O) groups excluding carboxylic acids is 2. The predicted molar refractivity (Wildman–Crippen MR) is 103 cm³/mol. The van der Waals surface area contributed by atoms with E-state index in [-0.39, 0.29) is 23.3 Å². The number of nitrogens with zero attached hydrogens (tertiary/aromatic N) is 1. The van der Waals surface area contributed by atoms with Gasteiger partial charge in [0.15, 0.2) is 0 Å². The van der Waals surface area contributed by atoms with Crippen molar-refractivity contribution < 1.29 is 9.59 Å². The predicted octanol–water partition coefficient (Wildman–Crippen LogP) is 3.62. The molecule has 1 saturated carbocycles. The van der Waals surface area contributed by atoms with Crippen LogP contribution in [0.1, 0.15) is 71.5 Å². The Morgan fingerprint density at radius 3 is 2.42 bits per heavy atom. The molecule has 1 heterocycles.